The summed E-state index contributed by atoms with van der Waals surface area (Å²) in [4.78, 5) is 42.9. The van der Waals surface area contributed by atoms with Crippen molar-refractivity contribution in [1.29, 1.82) is 0 Å². The van der Waals surface area contributed by atoms with Gasteiger partial charge in [-0.25, -0.2) is 9.88 Å². The number of amides is 3. The number of nitrogens with one attached hydrogen (secondary N) is 1. The monoisotopic (exact) mass is 377 g/mol. The van der Waals surface area contributed by atoms with Crippen LogP contribution >= 0.6 is 11.6 Å². The zero-order chi connectivity index (χ0) is 19.0. The van der Waals surface area contributed by atoms with E-state index in [2.05, 4.69) is 10.3 Å². The largest absolute Gasteiger partial charge is 0.307 e. The number of pyridine rings is 1. The number of carbonyl (C=O) groups is 3. The predicted octanol–water partition coefficient (Wildman–Crippen LogP) is 3.79. The third kappa shape index (κ3) is 2.96. The van der Waals surface area contributed by atoms with E-state index in [0.29, 0.717) is 16.5 Å². The van der Waals surface area contributed by atoms with Gasteiger partial charge < -0.3 is 5.32 Å². The number of hydrogen-bond acceptors (Lipinski definition) is 4. The van der Waals surface area contributed by atoms with Gasteiger partial charge in [-0.05, 0) is 42.5 Å². The molecule has 3 aromatic rings. The summed E-state index contributed by atoms with van der Waals surface area (Å²) >= 11 is 6.13. The smallest absolute Gasteiger partial charge is 0.266 e. The minimum atomic E-state index is -0.518. The van der Waals surface area contributed by atoms with Gasteiger partial charge in [0.15, 0.2) is 0 Å². The Kier molecular flexibility index (Phi) is 4.18. The highest BCUT2D eigenvalue weighted by molar-refractivity contribution is 6.40. The summed E-state index contributed by atoms with van der Waals surface area (Å²) in [5, 5.41) is 2.94. The van der Waals surface area contributed by atoms with Gasteiger partial charge in [0.1, 0.15) is 5.82 Å². The van der Waals surface area contributed by atoms with Crippen molar-refractivity contribution in [2.24, 2.45) is 0 Å². The summed E-state index contributed by atoms with van der Waals surface area (Å²) < 4.78 is 0. The zero-order valence-electron chi connectivity index (χ0n) is 13.8. The number of aromatic nitrogens is 1. The van der Waals surface area contributed by atoms with Crippen molar-refractivity contribution in [3.63, 3.8) is 0 Å². The van der Waals surface area contributed by atoms with E-state index in [9.17, 15) is 14.4 Å². The Morgan fingerprint density at radius 1 is 0.926 bits per heavy atom. The molecule has 6 nitrogen and oxygen atoms in total. The van der Waals surface area contributed by atoms with Crippen LogP contribution in [-0.4, -0.2) is 22.7 Å². The maximum atomic E-state index is 12.8. The number of para-hydroxylation sites is 1. The summed E-state index contributed by atoms with van der Waals surface area (Å²) in [6.45, 7) is 0. The average molecular weight is 378 g/mol. The molecule has 1 N–H and O–H groups in total. The second kappa shape index (κ2) is 6.66. The number of halogens is 1. The van der Waals surface area contributed by atoms with Crippen LogP contribution in [-0.2, 0) is 0 Å². The number of nitrogens with zero attached hydrogens (tertiary/aromatic N) is 2. The Labute approximate surface area is 159 Å². The molecule has 3 amide bonds. The third-order valence-corrected chi connectivity index (χ3v) is 4.47. The van der Waals surface area contributed by atoms with Crippen LogP contribution in [0.5, 0.6) is 0 Å². The van der Waals surface area contributed by atoms with Gasteiger partial charge in [0.2, 0.25) is 0 Å². The van der Waals surface area contributed by atoms with Gasteiger partial charge >= 0.3 is 0 Å². The first-order chi connectivity index (χ1) is 13.1. The quantitative estimate of drug-likeness (QED) is 0.704. The van der Waals surface area contributed by atoms with E-state index in [1.165, 1.54) is 18.2 Å². The van der Waals surface area contributed by atoms with E-state index in [1.54, 1.807) is 48.7 Å². The number of hydrogen-bond donors (Lipinski definition) is 1. The highest BCUT2D eigenvalue weighted by Crippen LogP contribution is 2.33. The second-order valence-corrected chi connectivity index (χ2v) is 6.23. The van der Waals surface area contributed by atoms with Gasteiger partial charge in [0.25, 0.3) is 17.7 Å². The molecule has 0 unspecified atom stereocenters. The maximum absolute atomic E-state index is 12.8. The van der Waals surface area contributed by atoms with E-state index < -0.39 is 17.7 Å². The number of fused-ring (bicyclic) bond motifs is 1. The second-order valence-electron chi connectivity index (χ2n) is 5.83. The minimum absolute atomic E-state index is 0.161. The first-order valence-electron chi connectivity index (χ1n) is 8.06. The Hall–Kier alpha value is -3.51. The van der Waals surface area contributed by atoms with Crippen molar-refractivity contribution >= 4 is 40.8 Å². The van der Waals surface area contributed by atoms with Gasteiger partial charge in [-0.2, -0.15) is 0 Å². The van der Waals surface area contributed by atoms with E-state index in [1.807, 2.05) is 0 Å². The Bertz CT molecular complexity index is 1080. The van der Waals surface area contributed by atoms with Crippen molar-refractivity contribution in [2.45, 2.75) is 0 Å². The molecule has 2 heterocycles. The Balaban J connectivity index is 1.67. The summed E-state index contributed by atoms with van der Waals surface area (Å²) in [5.74, 6) is -1.02. The van der Waals surface area contributed by atoms with Crippen molar-refractivity contribution in [3.05, 3.63) is 88.6 Å². The number of benzene rings is 2. The van der Waals surface area contributed by atoms with Crippen LogP contribution in [0, 0.1) is 0 Å². The molecule has 0 aliphatic carbocycles. The van der Waals surface area contributed by atoms with Crippen molar-refractivity contribution in [1.82, 2.24) is 4.98 Å². The molecular weight excluding hydrogens is 366 g/mol. The zero-order valence-corrected chi connectivity index (χ0v) is 14.6. The van der Waals surface area contributed by atoms with Crippen LogP contribution < -0.4 is 10.2 Å². The van der Waals surface area contributed by atoms with Crippen LogP contribution in [0.2, 0.25) is 5.02 Å². The molecule has 0 spiro atoms. The van der Waals surface area contributed by atoms with E-state index in [0.717, 1.165) is 4.90 Å². The van der Waals surface area contributed by atoms with E-state index in [4.69, 9.17) is 11.6 Å². The van der Waals surface area contributed by atoms with Crippen LogP contribution in [0.3, 0.4) is 0 Å². The lowest BCUT2D eigenvalue weighted by Gasteiger charge is -2.15. The van der Waals surface area contributed by atoms with Gasteiger partial charge in [-0.3, -0.25) is 14.4 Å². The normalized spacial score (nSPS) is 12.9. The average Bonchev–Trinajstić information content (AvgIpc) is 2.93. The molecule has 4 rings (SSSR count). The van der Waals surface area contributed by atoms with Gasteiger partial charge in [-0.15, -0.1) is 0 Å². The summed E-state index contributed by atoms with van der Waals surface area (Å²) in [6.07, 6.45) is 1.56. The molecule has 7 heteroatoms. The molecule has 0 bridgehead atoms. The molecule has 1 aliphatic rings. The summed E-state index contributed by atoms with van der Waals surface area (Å²) in [7, 11) is 0. The molecule has 1 aromatic heterocycles. The molecular formula is C20H12ClN3O3. The lowest BCUT2D eigenvalue weighted by molar-refractivity contribution is 0.0925. The number of imide groups is 1. The minimum Gasteiger partial charge on any atom is -0.307 e. The molecule has 2 aromatic carbocycles. The molecule has 0 radical (unpaired) electrons. The number of anilines is 2. The topological polar surface area (TPSA) is 79.4 Å². The maximum Gasteiger partial charge on any atom is 0.266 e. The first kappa shape index (κ1) is 16.9. The summed E-state index contributed by atoms with van der Waals surface area (Å²) in [5.41, 5.74) is 0.953. The first-order valence-corrected chi connectivity index (χ1v) is 8.44. The highest BCUT2D eigenvalue weighted by Gasteiger charge is 2.38. The van der Waals surface area contributed by atoms with Gasteiger partial charge in [0, 0.05) is 11.8 Å². The predicted molar refractivity (Wildman–Crippen MR) is 101 cm³/mol. The Morgan fingerprint density at radius 2 is 1.67 bits per heavy atom. The molecule has 0 saturated carbocycles. The number of rotatable bonds is 3. The lowest BCUT2D eigenvalue weighted by Crippen LogP contribution is -2.29. The number of carbonyl (C=O) groups excluding carboxylic acids is 3. The van der Waals surface area contributed by atoms with Crippen molar-refractivity contribution < 1.29 is 14.4 Å². The van der Waals surface area contributed by atoms with Crippen LogP contribution in [0.4, 0.5) is 11.5 Å². The van der Waals surface area contributed by atoms with Gasteiger partial charge in [-0.1, -0.05) is 29.8 Å². The molecule has 0 saturated heterocycles. The third-order valence-electron chi connectivity index (χ3n) is 4.15. The van der Waals surface area contributed by atoms with Crippen LogP contribution in [0.1, 0.15) is 31.1 Å². The van der Waals surface area contributed by atoms with E-state index in [-0.39, 0.29) is 16.7 Å². The SMILES string of the molecule is O=C(Nc1ccccn1)c1ccc2c(c1)C(=O)N(c1ccccc1Cl)C2=O. The molecule has 0 atom stereocenters. The molecule has 27 heavy (non-hydrogen) atoms. The van der Waals surface area contributed by atoms with Crippen molar-refractivity contribution in [2.75, 3.05) is 10.2 Å². The molecule has 1 aliphatic heterocycles. The fourth-order valence-electron chi connectivity index (χ4n) is 2.86. The standard InChI is InChI=1S/C20H12ClN3O3/c21-15-5-1-2-6-16(15)24-19(26)13-9-8-12(11-14(13)20(24)27)18(25)23-17-7-3-4-10-22-17/h1-11H,(H,22,23,25). The van der Waals surface area contributed by atoms with Crippen molar-refractivity contribution in [3.8, 4) is 0 Å². The summed E-state index contributed by atoms with van der Waals surface area (Å²) in [6, 6.07) is 16.1. The molecule has 0 fully saturated rings. The van der Waals surface area contributed by atoms with Gasteiger partial charge in [0.05, 0.1) is 21.8 Å². The van der Waals surface area contributed by atoms with Crippen LogP contribution in [0.15, 0.2) is 66.9 Å². The molecule has 132 valence electrons. The fraction of sp³-hybridized carbons (Fsp3) is 0. The van der Waals surface area contributed by atoms with Crippen LogP contribution in [0.25, 0.3) is 0 Å². The highest BCUT2D eigenvalue weighted by atomic mass is 35.5. The Morgan fingerprint density at radius 3 is 2.41 bits per heavy atom. The lowest BCUT2D eigenvalue weighted by atomic mass is 10.1. The fourth-order valence-corrected chi connectivity index (χ4v) is 3.08. The van der Waals surface area contributed by atoms with E-state index >= 15 is 0 Å².